The monoisotopic (exact) mass is 359 g/mol. The van der Waals surface area contributed by atoms with Crippen molar-refractivity contribution in [1.82, 2.24) is 25.0 Å². The van der Waals surface area contributed by atoms with Crippen LogP contribution in [0.5, 0.6) is 0 Å². The minimum atomic E-state index is -0.0404. The summed E-state index contributed by atoms with van der Waals surface area (Å²) in [5.41, 5.74) is 0. The lowest BCUT2D eigenvalue weighted by molar-refractivity contribution is -0.140. The van der Waals surface area contributed by atoms with E-state index < -0.39 is 0 Å². The van der Waals surface area contributed by atoms with Crippen molar-refractivity contribution in [1.29, 1.82) is 0 Å². The predicted octanol–water partition coefficient (Wildman–Crippen LogP) is 2.06. The number of nitrogens with zero attached hydrogens (tertiary/aromatic N) is 4. The molecule has 1 aromatic heterocycles. The molecular formula is C19H29N5O2. The first-order chi connectivity index (χ1) is 12.7. The number of hydrogen-bond donors (Lipinski definition) is 1. The van der Waals surface area contributed by atoms with Crippen molar-refractivity contribution in [2.75, 3.05) is 6.54 Å². The molecule has 0 aromatic carbocycles. The van der Waals surface area contributed by atoms with Crippen LogP contribution in [0, 0.1) is 5.92 Å². The van der Waals surface area contributed by atoms with Gasteiger partial charge in [0.25, 0.3) is 0 Å². The van der Waals surface area contributed by atoms with Crippen LogP contribution in [0.4, 0.5) is 0 Å². The van der Waals surface area contributed by atoms with Crippen LogP contribution in [0.3, 0.4) is 0 Å². The zero-order valence-electron chi connectivity index (χ0n) is 15.3. The summed E-state index contributed by atoms with van der Waals surface area (Å²) in [6.07, 6.45) is 13.2. The van der Waals surface area contributed by atoms with Crippen LogP contribution >= 0.6 is 0 Å². The Morgan fingerprint density at radius 1 is 1.04 bits per heavy atom. The molecule has 3 fully saturated rings. The smallest absolute Gasteiger partial charge is 0.225 e. The molecule has 3 aliphatic rings. The summed E-state index contributed by atoms with van der Waals surface area (Å²) in [6.45, 7) is 0.615. The Labute approximate surface area is 154 Å². The van der Waals surface area contributed by atoms with Gasteiger partial charge in [-0.15, -0.1) is 0 Å². The summed E-state index contributed by atoms with van der Waals surface area (Å²) in [5.74, 6) is 0.348. The predicted molar refractivity (Wildman–Crippen MR) is 96.2 cm³/mol. The second kappa shape index (κ2) is 7.76. The van der Waals surface area contributed by atoms with E-state index in [2.05, 4.69) is 15.4 Å². The number of likely N-dealkylation sites (tertiary alicyclic amines) is 1. The highest BCUT2D eigenvalue weighted by atomic mass is 16.2. The van der Waals surface area contributed by atoms with E-state index in [1.807, 2.05) is 9.58 Å². The number of carbonyl (C=O) groups excluding carboxylic acids is 2. The molecule has 26 heavy (non-hydrogen) atoms. The Hall–Kier alpha value is -1.92. The van der Waals surface area contributed by atoms with Crippen LogP contribution in [-0.4, -0.2) is 50.1 Å². The molecule has 2 heterocycles. The normalized spacial score (nSPS) is 30.5. The minimum Gasteiger partial charge on any atom is -0.353 e. The van der Waals surface area contributed by atoms with Gasteiger partial charge in [-0.1, -0.05) is 12.8 Å². The molecular weight excluding hydrogens is 330 g/mol. The maximum atomic E-state index is 12.8. The molecule has 1 aromatic rings. The van der Waals surface area contributed by atoms with E-state index in [0.29, 0.717) is 31.5 Å². The van der Waals surface area contributed by atoms with Crippen LogP contribution in [0.1, 0.15) is 70.3 Å². The third-order valence-electron chi connectivity index (χ3n) is 6.43. The van der Waals surface area contributed by atoms with Crippen LogP contribution in [0.15, 0.2) is 12.7 Å². The SMILES string of the molecule is O=C(NC1CCC(n2cncn2)CC1)C1CCC(=O)N(C2CCCC2)C1. The first-order valence-corrected chi connectivity index (χ1v) is 10.1. The first-order valence-electron chi connectivity index (χ1n) is 10.1. The van der Waals surface area contributed by atoms with Gasteiger partial charge in [0.15, 0.2) is 0 Å². The fraction of sp³-hybridized carbons (Fsp3) is 0.789. The summed E-state index contributed by atoms with van der Waals surface area (Å²) in [4.78, 5) is 31.1. The van der Waals surface area contributed by atoms with Crippen LogP contribution in [0.2, 0.25) is 0 Å². The lowest BCUT2D eigenvalue weighted by atomic mass is 9.89. The van der Waals surface area contributed by atoms with Crippen molar-refractivity contribution >= 4 is 11.8 Å². The molecule has 0 radical (unpaired) electrons. The fourth-order valence-electron chi connectivity index (χ4n) is 4.86. The number of nitrogens with one attached hydrogen (secondary N) is 1. The van der Waals surface area contributed by atoms with Crippen molar-refractivity contribution in [3.05, 3.63) is 12.7 Å². The topological polar surface area (TPSA) is 80.1 Å². The Morgan fingerprint density at radius 3 is 2.50 bits per heavy atom. The molecule has 2 aliphatic carbocycles. The molecule has 1 saturated heterocycles. The quantitative estimate of drug-likeness (QED) is 0.892. The number of aromatic nitrogens is 3. The Balaban J connectivity index is 1.27. The first kappa shape index (κ1) is 17.5. The Bertz CT molecular complexity index is 618. The molecule has 0 spiro atoms. The summed E-state index contributed by atoms with van der Waals surface area (Å²) >= 11 is 0. The van der Waals surface area contributed by atoms with E-state index >= 15 is 0 Å². The van der Waals surface area contributed by atoms with Crippen LogP contribution in [-0.2, 0) is 9.59 Å². The van der Waals surface area contributed by atoms with Crippen molar-refractivity contribution in [3.63, 3.8) is 0 Å². The van der Waals surface area contributed by atoms with Gasteiger partial charge in [-0.05, 0) is 44.9 Å². The molecule has 7 heteroatoms. The van der Waals surface area contributed by atoms with E-state index in [0.717, 1.165) is 38.5 Å². The third-order valence-corrected chi connectivity index (χ3v) is 6.43. The summed E-state index contributed by atoms with van der Waals surface area (Å²) in [7, 11) is 0. The van der Waals surface area contributed by atoms with Crippen molar-refractivity contribution < 1.29 is 9.59 Å². The maximum absolute atomic E-state index is 12.8. The van der Waals surface area contributed by atoms with Crippen molar-refractivity contribution in [2.45, 2.75) is 82.3 Å². The summed E-state index contributed by atoms with van der Waals surface area (Å²) in [6, 6.07) is 1.02. The van der Waals surface area contributed by atoms with Crippen LogP contribution < -0.4 is 5.32 Å². The van der Waals surface area contributed by atoms with Crippen molar-refractivity contribution in [2.24, 2.45) is 5.92 Å². The lowest BCUT2D eigenvalue weighted by Gasteiger charge is -2.37. The number of amides is 2. The van der Waals surface area contributed by atoms with E-state index in [4.69, 9.17) is 0 Å². The molecule has 7 nitrogen and oxygen atoms in total. The van der Waals surface area contributed by atoms with Gasteiger partial charge in [-0.25, -0.2) is 9.67 Å². The van der Waals surface area contributed by atoms with Gasteiger partial charge in [0.1, 0.15) is 12.7 Å². The fourth-order valence-corrected chi connectivity index (χ4v) is 4.86. The highest BCUT2D eigenvalue weighted by Gasteiger charge is 2.36. The average molecular weight is 359 g/mol. The number of carbonyl (C=O) groups is 2. The lowest BCUT2D eigenvalue weighted by Crippen LogP contribution is -2.51. The van der Waals surface area contributed by atoms with E-state index in [9.17, 15) is 9.59 Å². The zero-order chi connectivity index (χ0) is 17.9. The van der Waals surface area contributed by atoms with Gasteiger partial charge in [0, 0.05) is 25.0 Å². The van der Waals surface area contributed by atoms with Crippen LogP contribution in [0.25, 0.3) is 0 Å². The summed E-state index contributed by atoms with van der Waals surface area (Å²) < 4.78 is 1.93. The van der Waals surface area contributed by atoms with E-state index in [1.165, 1.54) is 12.8 Å². The van der Waals surface area contributed by atoms with Gasteiger partial charge in [0.05, 0.1) is 12.0 Å². The second-order valence-electron chi connectivity index (χ2n) is 8.11. The molecule has 1 aliphatic heterocycles. The molecule has 2 saturated carbocycles. The van der Waals surface area contributed by atoms with Gasteiger partial charge < -0.3 is 10.2 Å². The molecule has 1 unspecified atom stereocenters. The molecule has 1 N–H and O–H groups in total. The van der Waals surface area contributed by atoms with Gasteiger partial charge >= 0.3 is 0 Å². The van der Waals surface area contributed by atoms with E-state index in [1.54, 1.807) is 12.7 Å². The zero-order valence-corrected chi connectivity index (χ0v) is 15.3. The number of piperidine rings is 1. The largest absolute Gasteiger partial charge is 0.353 e. The Kier molecular flexibility index (Phi) is 5.22. The third kappa shape index (κ3) is 3.76. The highest BCUT2D eigenvalue weighted by molar-refractivity contribution is 5.84. The van der Waals surface area contributed by atoms with Gasteiger partial charge in [-0.3, -0.25) is 9.59 Å². The number of hydrogen-bond acceptors (Lipinski definition) is 4. The molecule has 4 rings (SSSR count). The highest BCUT2D eigenvalue weighted by Crippen LogP contribution is 2.30. The molecule has 142 valence electrons. The standard InChI is InChI=1S/C19H29N5O2/c25-18-10-5-14(11-23(18)16-3-1-2-4-16)19(26)22-15-6-8-17(9-7-15)24-13-20-12-21-24/h12-17H,1-11H2,(H,22,26). The Morgan fingerprint density at radius 2 is 1.81 bits per heavy atom. The second-order valence-corrected chi connectivity index (χ2v) is 8.11. The maximum Gasteiger partial charge on any atom is 0.225 e. The molecule has 1 atom stereocenters. The van der Waals surface area contributed by atoms with Crippen molar-refractivity contribution in [3.8, 4) is 0 Å². The number of rotatable bonds is 4. The minimum absolute atomic E-state index is 0.0404. The molecule has 0 bridgehead atoms. The molecule has 2 amide bonds. The summed E-state index contributed by atoms with van der Waals surface area (Å²) in [5, 5.41) is 7.49. The van der Waals surface area contributed by atoms with E-state index in [-0.39, 0.29) is 23.8 Å². The average Bonchev–Trinajstić information content (AvgIpc) is 3.37. The van der Waals surface area contributed by atoms with Gasteiger partial charge in [-0.2, -0.15) is 5.10 Å². The van der Waals surface area contributed by atoms with Gasteiger partial charge in [0.2, 0.25) is 11.8 Å².